The number of amides is 1. The molecule has 0 unspecified atom stereocenters. The van der Waals surface area contributed by atoms with Crippen LogP contribution in [0.2, 0.25) is 10.0 Å². The lowest BCUT2D eigenvalue weighted by atomic mass is 9.97. The Kier molecular flexibility index (Phi) is 5.11. The molecule has 0 aliphatic carbocycles. The highest BCUT2D eigenvalue weighted by atomic mass is 35.5. The first-order chi connectivity index (χ1) is 11.5. The predicted molar refractivity (Wildman–Crippen MR) is 94.7 cm³/mol. The Morgan fingerprint density at radius 3 is 2.67 bits per heavy atom. The average Bonchev–Trinajstić information content (AvgIpc) is 2.52. The number of halogens is 2. The van der Waals surface area contributed by atoms with Crippen LogP contribution in [0.4, 0.5) is 0 Å². The number of rotatable bonds is 3. The summed E-state index contributed by atoms with van der Waals surface area (Å²) in [7, 11) is 0. The minimum Gasteiger partial charge on any atom is -0.467 e. The van der Waals surface area contributed by atoms with E-state index in [-0.39, 0.29) is 24.6 Å². The summed E-state index contributed by atoms with van der Waals surface area (Å²) in [5, 5.41) is 1.49. The van der Waals surface area contributed by atoms with Gasteiger partial charge in [-0.3, -0.25) is 4.79 Å². The van der Waals surface area contributed by atoms with Gasteiger partial charge in [-0.15, -0.1) is 0 Å². The van der Waals surface area contributed by atoms with Crippen molar-refractivity contribution in [1.82, 2.24) is 14.9 Å². The molecule has 5 nitrogen and oxygen atoms in total. The summed E-state index contributed by atoms with van der Waals surface area (Å²) in [5.41, 5.74) is 0.554. The maximum Gasteiger partial charge on any atom is 0.261 e. The van der Waals surface area contributed by atoms with Gasteiger partial charge in [-0.1, -0.05) is 23.2 Å². The molecule has 3 rings (SSSR count). The number of hydrogen-bond acceptors (Lipinski definition) is 4. The van der Waals surface area contributed by atoms with Crippen LogP contribution in [-0.2, 0) is 4.79 Å². The summed E-state index contributed by atoms with van der Waals surface area (Å²) in [6, 6.07) is 3.77. The van der Waals surface area contributed by atoms with Crippen LogP contribution in [0.3, 0.4) is 0 Å². The molecular weight excluding hydrogens is 349 g/mol. The van der Waals surface area contributed by atoms with Gasteiger partial charge in [0, 0.05) is 17.1 Å². The molecule has 1 aromatic carbocycles. The number of ether oxygens (including phenoxy) is 1. The molecule has 1 fully saturated rings. The topological polar surface area (TPSA) is 55.3 Å². The second kappa shape index (κ2) is 7.11. The van der Waals surface area contributed by atoms with Crippen LogP contribution in [0.1, 0.15) is 33.1 Å². The minimum absolute atomic E-state index is 0.0328. The van der Waals surface area contributed by atoms with Gasteiger partial charge in [-0.05, 0) is 45.2 Å². The fourth-order valence-electron chi connectivity index (χ4n) is 3.30. The second-order valence-electron chi connectivity index (χ2n) is 6.18. The Morgan fingerprint density at radius 1 is 1.25 bits per heavy atom. The number of fused-ring (bicyclic) bond motifs is 1. The number of carbonyl (C=O) groups is 1. The predicted octanol–water partition coefficient (Wildman–Crippen LogP) is 4.10. The minimum atomic E-state index is -0.0646. The van der Waals surface area contributed by atoms with Crippen LogP contribution in [0.15, 0.2) is 18.5 Å². The van der Waals surface area contributed by atoms with E-state index in [2.05, 4.69) is 23.8 Å². The molecule has 7 heteroatoms. The Morgan fingerprint density at radius 2 is 1.96 bits per heavy atom. The van der Waals surface area contributed by atoms with Crippen molar-refractivity contribution in [2.24, 2.45) is 0 Å². The monoisotopic (exact) mass is 367 g/mol. The van der Waals surface area contributed by atoms with E-state index in [1.807, 2.05) is 4.90 Å². The number of aromatic nitrogens is 2. The smallest absolute Gasteiger partial charge is 0.261 e. The molecule has 0 spiro atoms. The van der Waals surface area contributed by atoms with Gasteiger partial charge in [0.25, 0.3) is 5.91 Å². The molecule has 1 amide bonds. The maximum atomic E-state index is 12.6. The van der Waals surface area contributed by atoms with E-state index in [0.29, 0.717) is 26.8 Å². The van der Waals surface area contributed by atoms with Gasteiger partial charge in [0.15, 0.2) is 6.61 Å². The average molecular weight is 368 g/mol. The van der Waals surface area contributed by atoms with E-state index in [4.69, 9.17) is 27.9 Å². The van der Waals surface area contributed by atoms with Crippen molar-refractivity contribution >= 4 is 40.0 Å². The molecule has 2 aromatic rings. The molecule has 2 atom stereocenters. The van der Waals surface area contributed by atoms with Crippen molar-refractivity contribution in [3.05, 3.63) is 28.5 Å². The molecule has 24 heavy (non-hydrogen) atoms. The standard InChI is InChI=1S/C17H19Cl2N3O2/c1-10-4-3-5-11(2)22(10)15(23)8-24-17-13-6-12(18)7-14(19)16(13)20-9-21-17/h6-7,9-11H,3-5,8H2,1-2H3/t10-,11-/m1/s1. The first-order valence-electron chi connectivity index (χ1n) is 8.01. The molecule has 1 saturated heterocycles. The van der Waals surface area contributed by atoms with E-state index >= 15 is 0 Å². The number of carbonyl (C=O) groups excluding carboxylic acids is 1. The number of hydrogen-bond donors (Lipinski definition) is 0. The molecule has 0 saturated carbocycles. The van der Waals surface area contributed by atoms with Crippen molar-refractivity contribution in [3.63, 3.8) is 0 Å². The zero-order valence-corrected chi connectivity index (χ0v) is 15.1. The van der Waals surface area contributed by atoms with Gasteiger partial charge in [-0.25, -0.2) is 9.97 Å². The summed E-state index contributed by atoms with van der Waals surface area (Å²) in [6.07, 6.45) is 4.57. The Hall–Kier alpha value is -1.59. The van der Waals surface area contributed by atoms with Gasteiger partial charge < -0.3 is 9.64 Å². The number of benzene rings is 1. The molecule has 128 valence electrons. The fraction of sp³-hybridized carbons (Fsp3) is 0.471. The van der Waals surface area contributed by atoms with Crippen LogP contribution < -0.4 is 4.74 Å². The Bertz CT molecular complexity index is 759. The maximum absolute atomic E-state index is 12.6. The van der Waals surface area contributed by atoms with Gasteiger partial charge in [0.1, 0.15) is 6.33 Å². The quantitative estimate of drug-likeness (QED) is 0.818. The molecular formula is C17H19Cl2N3O2. The zero-order valence-electron chi connectivity index (χ0n) is 13.6. The van der Waals surface area contributed by atoms with Crippen LogP contribution in [0.25, 0.3) is 10.9 Å². The molecule has 1 aromatic heterocycles. The molecule has 1 aliphatic heterocycles. The summed E-state index contributed by atoms with van der Waals surface area (Å²) < 4.78 is 5.68. The van der Waals surface area contributed by atoms with Crippen LogP contribution in [-0.4, -0.2) is 39.5 Å². The molecule has 1 aliphatic rings. The molecule has 0 N–H and O–H groups in total. The van der Waals surface area contributed by atoms with Crippen molar-refractivity contribution in [2.75, 3.05) is 6.61 Å². The summed E-state index contributed by atoms with van der Waals surface area (Å²) in [5.74, 6) is 0.282. The van der Waals surface area contributed by atoms with E-state index in [1.54, 1.807) is 12.1 Å². The lowest BCUT2D eigenvalue weighted by Crippen LogP contribution is -2.49. The highest BCUT2D eigenvalue weighted by Gasteiger charge is 2.29. The Labute approximate surface area is 150 Å². The first-order valence-corrected chi connectivity index (χ1v) is 8.76. The lowest BCUT2D eigenvalue weighted by molar-refractivity contribution is -0.139. The summed E-state index contributed by atoms with van der Waals surface area (Å²) in [6.45, 7) is 4.09. The zero-order chi connectivity index (χ0) is 17.3. The largest absolute Gasteiger partial charge is 0.467 e. The van der Waals surface area contributed by atoms with E-state index in [1.165, 1.54) is 6.33 Å². The van der Waals surface area contributed by atoms with E-state index in [9.17, 15) is 4.79 Å². The van der Waals surface area contributed by atoms with Crippen molar-refractivity contribution < 1.29 is 9.53 Å². The van der Waals surface area contributed by atoms with Gasteiger partial charge in [0.05, 0.1) is 15.9 Å². The third-order valence-corrected chi connectivity index (χ3v) is 4.94. The number of piperidine rings is 1. The second-order valence-corrected chi connectivity index (χ2v) is 7.02. The van der Waals surface area contributed by atoms with E-state index < -0.39 is 0 Å². The summed E-state index contributed by atoms with van der Waals surface area (Å²) >= 11 is 12.2. The van der Waals surface area contributed by atoms with Crippen LogP contribution >= 0.6 is 23.2 Å². The number of nitrogens with zero attached hydrogens (tertiary/aromatic N) is 3. The molecule has 0 radical (unpaired) electrons. The highest BCUT2D eigenvalue weighted by Crippen LogP contribution is 2.31. The van der Waals surface area contributed by atoms with Crippen molar-refractivity contribution in [1.29, 1.82) is 0 Å². The normalized spacial score (nSPS) is 21.1. The number of likely N-dealkylation sites (tertiary alicyclic amines) is 1. The molecule has 0 bridgehead atoms. The molecule has 2 heterocycles. The van der Waals surface area contributed by atoms with Crippen LogP contribution in [0.5, 0.6) is 5.88 Å². The summed E-state index contributed by atoms with van der Waals surface area (Å²) in [4.78, 5) is 22.7. The van der Waals surface area contributed by atoms with Crippen LogP contribution in [0, 0.1) is 0 Å². The third-order valence-electron chi connectivity index (χ3n) is 4.43. The van der Waals surface area contributed by atoms with Crippen molar-refractivity contribution in [2.45, 2.75) is 45.2 Å². The third kappa shape index (κ3) is 3.42. The van der Waals surface area contributed by atoms with Gasteiger partial charge in [0.2, 0.25) is 5.88 Å². The van der Waals surface area contributed by atoms with E-state index in [0.717, 1.165) is 19.3 Å². The SMILES string of the molecule is C[C@@H]1CCC[C@@H](C)N1C(=O)COc1ncnc2c(Cl)cc(Cl)cc12. The highest BCUT2D eigenvalue weighted by molar-refractivity contribution is 6.38. The lowest BCUT2D eigenvalue weighted by Gasteiger charge is -2.38. The van der Waals surface area contributed by atoms with Gasteiger partial charge in [-0.2, -0.15) is 0 Å². The van der Waals surface area contributed by atoms with Crippen molar-refractivity contribution in [3.8, 4) is 5.88 Å². The Balaban J connectivity index is 1.79. The van der Waals surface area contributed by atoms with Gasteiger partial charge >= 0.3 is 0 Å². The first kappa shape index (κ1) is 17.2. The fourth-order valence-corrected chi connectivity index (χ4v) is 3.84.